The Morgan fingerprint density at radius 2 is 1.87 bits per heavy atom. The maximum atomic E-state index is 13.3. The van der Waals surface area contributed by atoms with Crippen molar-refractivity contribution in [2.45, 2.75) is 32.0 Å². The van der Waals surface area contributed by atoms with Crippen molar-refractivity contribution in [1.29, 1.82) is 0 Å². The number of carbonyl (C=O) groups excluding carboxylic acids is 1. The van der Waals surface area contributed by atoms with E-state index in [0.29, 0.717) is 11.0 Å². The van der Waals surface area contributed by atoms with Crippen LogP contribution in [0.4, 0.5) is 4.39 Å². The van der Waals surface area contributed by atoms with Crippen molar-refractivity contribution in [1.82, 2.24) is 24.9 Å². The van der Waals surface area contributed by atoms with Crippen molar-refractivity contribution in [2.75, 3.05) is 5.75 Å². The molecule has 0 fully saturated rings. The highest BCUT2D eigenvalue weighted by Crippen LogP contribution is 2.25. The summed E-state index contributed by atoms with van der Waals surface area (Å²) in [6.07, 6.45) is 0. The molecule has 30 heavy (non-hydrogen) atoms. The molecule has 4 aromatic rings. The smallest absolute Gasteiger partial charge is 0.230 e. The van der Waals surface area contributed by atoms with Gasteiger partial charge in [-0.25, -0.2) is 14.4 Å². The molecule has 2 aromatic carbocycles. The molecular formula is C22H22FN5OS. The van der Waals surface area contributed by atoms with Gasteiger partial charge < -0.3 is 5.32 Å². The van der Waals surface area contributed by atoms with Gasteiger partial charge in [-0.1, -0.05) is 49.9 Å². The van der Waals surface area contributed by atoms with Gasteiger partial charge in [-0.3, -0.25) is 4.79 Å². The predicted molar refractivity (Wildman–Crippen MR) is 116 cm³/mol. The van der Waals surface area contributed by atoms with Crippen molar-refractivity contribution in [3.8, 4) is 0 Å². The number of hydrogen-bond acceptors (Lipinski definition) is 5. The first-order chi connectivity index (χ1) is 14.4. The van der Waals surface area contributed by atoms with Gasteiger partial charge in [-0.15, -0.1) is 5.10 Å². The third kappa shape index (κ3) is 4.14. The maximum absolute atomic E-state index is 13.3. The molecule has 0 spiro atoms. The van der Waals surface area contributed by atoms with Crippen molar-refractivity contribution in [2.24, 2.45) is 5.92 Å². The monoisotopic (exact) mass is 423 g/mol. The van der Waals surface area contributed by atoms with Crippen LogP contribution in [0.3, 0.4) is 0 Å². The van der Waals surface area contributed by atoms with E-state index in [9.17, 15) is 9.18 Å². The average Bonchev–Trinajstić information content (AvgIpc) is 3.12. The molecule has 4 rings (SSSR count). The Bertz CT molecular complexity index is 1210. The highest BCUT2D eigenvalue weighted by atomic mass is 32.2. The Morgan fingerprint density at radius 3 is 2.60 bits per heavy atom. The zero-order chi connectivity index (χ0) is 21.3. The summed E-state index contributed by atoms with van der Waals surface area (Å²) in [5.74, 6) is 0.577. The van der Waals surface area contributed by atoms with Gasteiger partial charge in [0.15, 0.2) is 10.8 Å². The van der Waals surface area contributed by atoms with E-state index in [0.717, 1.165) is 22.1 Å². The Balaban J connectivity index is 1.54. The van der Waals surface area contributed by atoms with Crippen molar-refractivity contribution in [3.05, 3.63) is 65.7 Å². The molecule has 8 heteroatoms. The number of thioether (sulfide) groups is 1. The Hall–Kier alpha value is -3.00. The third-order valence-electron chi connectivity index (χ3n) is 4.80. The van der Waals surface area contributed by atoms with Gasteiger partial charge in [-0.2, -0.15) is 4.52 Å². The summed E-state index contributed by atoms with van der Waals surface area (Å²) >= 11 is 1.31. The lowest BCUT2D eigenvalue weighted by atomic mass is 9.96. The number of para-hydroxylation sites is 1. The van der Waals surface area contributed by atoms with Crippen LogP contribution in [-0.2, 0) is 4.79 Å². The summed E-state index contributed by atoms with van der Waals surface area (Å²) in [5.41, 5.74) is 2.42. The summed E-state index contributed by atoms with van der Waals surface area (Å²) < 4.78 is 14.9. The SMILES string of the molecule is Cc1nc2c3ccccc3nc(SCC(=O)NC(c3ccc(F)cc3)C(C)C)n2n1. The molecular weight excluding hydrogens is 401 g/mol. The van der Waals surface area contributed by atoms with Crippen LogP contribution in [0.5, 0.6) is 0 Å². The first-order valence-corrected chi connectivity index (χ1v) is 10.7. The molecule has 0 saturated carbocycles. The third-order valence-corrected chi connectivity index (χ3v) is 5.73. The van der Waals surface area contributed by atoms with E-state index in [1.807, 2.05) is 45.0 Å². The molecule has 2 heterocycles. The van der Waals surface area contributed by atoms with E-state index >= 15 is 0 Å². The summed E-state index contributed by atoms with van der Waals surface area (Å²) in [6.45, 7) is 5.88. The molecule has 154 valence electrons. The molecule has 1 atom stereocenters. The van der Waals surface area contributed by atoms with Gasteiger partial charge in [0.05, 0.1) is 17.3 Å². The van der Waals surface area contributed by atoms with Gasteiger partial charge in [0.25, 0.3) is 0 Å². The van der Waals surface area contributed by atoms with Crippen LogP contribution in [0.2, 0.25) is 0 Å². The van der Waals surface area contributed by atoms with E-state index in [2.05, 4.69) is 20.4 Å². The second-order valence-electron chi connectivity index (χ2n) is 7.44. The molecule has 0 radical (unpaired) electrons. The number of fused-ring (bicyclic) bond motifs is 3. The average molecular weight is 424 g/mol. The lowest BCUT2D eigenvalue weighted by Crippen LogP contribution is -2.33. The number of nitrogens with zero attached hydrogens (tertiary/aromatic N) is 4. The molecule has 1 amide bonds. The number of aryl methyl sites for hydroxylation is 1. The standard InChI is InChI=1S/C22H22FN5OS/c1-13(2)20(15-8-10-16(23)11-9-15)26-19(29)12-30-22-25-18-7-5-4-6-17(18)21-24-14(3)27-28(21)22/h4-11,13,20H,12H2,1-3H3,(H,26,29). The first-order valence-electron chi connectivity index (χ1n) is 9.72. The van der Waals surface area contributed by atoms with Crippen molar-refractivity contribution in [3.63, 3.8) is 0 Å². The summed E-state index contributed by atoms with van der Waals surface area (Å²) in [4.78, 5) is 21.9. The lowest BCUT2D eigenvalue weighted by Gasteiger charge is -2.23. The van der Waals surface area contributed by atoms with Gasteiger partial charge in [0.1, 0.15) is 11.6 Å². The molecule has 0 aliphatic heterocycles. The van der Waals surface area contributed by atoms with Crippen molar-refractivity contribution < 1.29 is 9.18 Å². The second-order valence-corrected chi connectivity index (χ2v) is 8.38. The number of amides is 1. The number of aromatic nitrogens is 4. The van der Waals surface area contributed by atoms with Crippen LogP contribution in [-0.4, -0.2) is 31.2 Å². The topological polar surface area (TPSA) is 72.2 Å². The van der Waals surface area contributed by atoms with Gasteiger partial charge in [-0.05, 0) is 42.7 Å². The Kier molecular flexibility index (Phi) is 5.67. The van der Waals surface area contributed by atoms with Crippen LogP contribution in [0.25, 0.3) is 16.6 Å². The van der Waals surface area contributed by atoms with E-state index in [1.54, 1.807) is 16.6 Å². The minimum atomic E-state index is -0.294. The van der Waals surface area contributed by atoms with Crippen LogP contribution in [0, 0.1) is 18.7 Å². The normalized spacial score (nSPS) is 12.6. The number of nitrogens with one attached hydrogen (secondary N) is 1. The Labute approximate surface area is 177 Å². The van der Waals surface area contributed by atoms with Gasteiger partial charge in [0.2, 0.25) is 5.91 Å². The van der Waals surface area contributed by atoms with Crippen LogP contribution in [0.15, 0.2) is 53.7 Å². The molecule has 0 aliphatic rings. The zero-order valence-electron chi connectivity index (χ0n) is 17.0. The summed E-state index contributed by atoms with van der Waals surface area (Å²) in [7, 11) is 0. The number of rotatable bonds is 6. The minimum absolute atomic E-state index is 0.122. The largest absolute Gasteiger partial charge is 0.348 e. The molecule has 6 nitrogen and oxygen atoms in total. The second kappa shape index (κ2) is 8.39. The molecule has 1 N–H and O–H groups in total. The minimum Gasteiger partial charge on any atom is -0.348 e. The van der Waals surface area contributed by atoms with Crippen molar-refractivity contribution >= 4 is 34.2 Å². The highest BCUT2D eigenvalue weighted by molar-refractivity contribution is 7.99. The molecule has 2 aromatic heterocycles. The van der Waals surface area contributed by atoms with Crippen LogP contribution in [0.1, 0.15) is 31.3 Å². The van der Waals surface area contributed by atoms with Crippen LogP contribution >= 0.6 is 11.8 Å². The number of carbonyl (C=O) groups is 1. The molecule has 0 saturated heterocycles. The number of hydrogen-bond donors (Lipinski definition) is 1. The zero-order valence-corrected chi connectivity index (χ0v) is 17.8. The van der Waals surface area contributed by atoms with E-state index < -0.39 is 0 Å². The fourth-order valence-corrected chi connectivity index (χ4v) is 4.13. The number of benzene rings is 2. The molecule has 0 aliphatic carbocycles. The molecule has 1 unspecified atom stereocenters. The first kappa shape index (κ1) is 20.3. The quantitative estimate of drug-likeness (QED) is 0.369. The predicted octanol–water partition coefficient (Wildman–Crippen LogP) is 4.33. The lowest BCUT2D eigenvalue weighted by molar-refractivity contribution is -0.119. The van der Waals surface area contributed by atoms with Gasteiger partial charge >= 0.3 is 0 Å². The fraction of sp³-hybridized carbons (Fsp3) is 0.273. The number of halogens is 1. The molecule has 0 bridgehead atoms. The maximum Gasteiger partial charge on any atom is 0.230 e. The van der Waals surface area contributed by atoms with Crippen LogP contribution < -0.4 is 5.32 Å². The van der Waals surface area contributed by atoms with E-state index in [-0.39, 0.29) is 29.4 Å². The summed E-state index contributed by atoms with van der Waals surface area (Å²) in [6, 6.07) is 13.8. The fourth-order valence-electron chi connectivity index (χ4n) is 3.38. The Morgan fingerprint density at radius 1 is 1.13 bits per heavy atom. The van der Waals surface area contributed by atoms with Gasteiger partial charge in [0, 0.05) is 5.39 Å². The summed E-state index contributed by atoms with van der Waals surface area (Å²) in [5, 5.41) is 9.03. The highest BCUT2D eigenvalue weighted by Gasteiger charge is 2.20. The van der Waals surface area contributed by atoms with E-state index in [1.165, 1.54) is 23.9 Å². The van der Waals surface area contributed by atoms with E-state index in [4.69, 9.17) is 0 Å².